The first-order valence-corrected chi connectivity index (χ1v) is 6.61. The Labute approximate surface area is 115 Å². The smallest absolute Gasteiger partial charge is 0.219 e. The summed E-state index contributed by atoms with van der Waals surface area (Å²) in [5, 5.41) is 18.1. The summed E-state index contributed by atoms with van der Waals surface area (Å²) >= 11 is 1.41. The summed E-state index contributed by atoms with van der Waals surface area (Å²) in [6.07, 6.45) is 0.468. The molecule has 1 aromatic heterocycles. The van der Waals surface area contributed by atoms with Gasteiger partial charge in [-0.3, -0.25) is 5.43 Å². The Morgan fingerprint density at radius 3 is 2.74 bits per heavy atom. The van der Waals surface area contributed by atoms with Crippen molar-refractivity contribution in [2.45, 2.75) is 13.0 Å². The molecule has 0 bridgehead atoms. The largest absolute Gasteiger partial charge is 0.364 e. The molecule has 7 heteroatoms. The molecule has 0 aliphatic rings. The number of hydrogen-bond donors (Lipinski definition) is 2. The Morgan fingerprint density at radius 2 is 2.11 bits per heavy atom. The highest BCUT2D eigenvalue weighted by Crippen LogP contribution is 2.20. The monoisotopic (exact) mass is 274 g/mol. The van der Waals surface area contributed by atoms with Gasteiger partial charge in [0, 0.05) is 12.2 Å². The van der Waals surface area contributed by atoms with E-state index in [4.69, 9.17) is 11.1 Å². The fraction of sp³-hybridized carbons (Fsp3) is 0.250. The quantitative estimate of drug-likeness (QED) is 0.616. The summed E-state index contributed by atoms with van der Waals surface area (Å²) in [6, 6.07) is 12.1. The van der Waals surface area contributed by atoms with E-state index in [0.29, 0.717) is 24.6 Å². The maximum Gasteiger partial charge on any atom is 0.219 e. The first kappa shape index (κ1) is 13.3. The van der Waals surface area contributed by atoms with E-state index in [1.165, 1.54) is 11.3 Å². The lowest BCUT2D eigenvalue weighted by atomic mass is 10.2. The molecule has 0 fully saturated rings. The topological polar surface area (TPSA) is 90.9 Å². The molecular formula is C12H14N6S. The number of nitrogens with zero attached hydrogens (tertiary/aromatic N) is 4. The molecule has 0 radical (unpaired) electrons. The molecule has 0 saturated heterocycles. The number of rotatable bonds is 6. The average molecular weight is 274 g/mol. The van der Waals surface area contributed by atoms with Crippen LogP contribution in [0.3, 0.4) is 0 Å². The lowest BCUT2D eigenvalue weighted by Gasteiger charge is -2.22. The van der Waals surface area contributed by atoms with Gasteiger partial charge in [0.2, 0.25) is 5.13 Å². The Kier molecular flexibility index (Phi) is 4.66. The van der Waals surface area contributed by atoms with E-state index in [2.05, 4.69) is 26.6 Å². The summed E-state index contributed by atoms with van der Waals surface area (Å²) in [6.45, 7) is 1.27. The van der Waals surface area contributed by atoms with Crippen LogP contribution in [-0.2, 0) is 6.54 Å². The van der Waals surface area contributed by atoms with Crippen molar-refractivity contribution in [3.8, 4) is 6.07 Å². The van der Waals surface area contributed by atoms with Crippen LogP contribution in [0.1, 0.15) is 11.4 Å². The summed E-state index contributed by atoms with van der Waals surface area (Å²) in [7, 11) is 0. The molecule has 0 spiro atoms. The maximum atomic E-state index is 8.74. The van der Waals surface area contributed by atoms with E-state index < -0.39 is 0 Å². The van der Waals surface area contributed by atoms with Crippen molar-refractivity contribution in [2.24, 2.45) is 5.84 Å². The maximum absolute atomic E-state index is 8.74. The van der Waals surface area contributed by atoms with Gasteiger partial charge in [-0.1, -0.05) is 29.5 Å². The summed E-state index contributed by atoms with van der Waals surface area (Å²) in [5.41, 5.74) is 3.54. The number of nitriles is 1. The van der Waals surface area contributed by atoms with Crippen LogP contribution in [0.15, 0.2) is 30.3 Å². The number of hydrogen-bond acceptors (Lipinski definition) is 7. The van der Waals surface area contributed by atoms with Crippen molar-refractivity contribution in [3.05, 3.63) is 35.3 Å². The first-order valence-electron chi connectivity index (χ1n) is 5.79. The number of nitrogens with two attached hydrogens (primary N) is 1. The SMILES string of the molecule is N#CCCN(Cc1nnc(NN)s1)c1ccccc1. The third-order valence-corrected chi connectivity index (χ3v) is 3.37. The molecule has 0 atom stereocenters. The van der Waals surface area contributed by atoms with Crippen molar-refractivity contribution in [1.82, 2.24) is 10.2 Å². The van der Waals surface area contributed by atoms with Gasteiger partial charge >= 0.3 is 0 Å². The Balaban J connectivity index is 2.12. The minimum atomic E-state index is 0.468. The number of anilines is 2. The summed E-state index contributed by atoms with van der Waals surface area (Å²) in [5.74, 6) is 5.29. The van der Waals surface area contributed by atoms with Gasteiger partial charge in [-0.05, 0) is 12.1 Å². The molecule has 0 aliphatic heterocycles. The van der Waals surface area contributed by atoms with Gasteiger partial charge in [0.15, 0.2) is 0 Å². The molecule has 0 amide bonds. The lowest BCUT2D eigenvalue weighted by molar-refractivity contribution is 0.783. The summed E-state index contributed by atoms with van der Waals surface area (Å²) < 4.78 is 0. The van der Waals surface area contributed by atoms with Crippen LogP contribution < -0.4 is 16.2 Å². The van der Waals surface area contributed by atoms with Gasteiger partial charge in [-0.25, -0.2) is 5.84 Å². The molecule has 3 N–H and O–H groups in total. The molecule has 19 heavy (non-hydrogen) atoms. The van der Waals surface area contributed by atoms with E-state index in [1.807, 2.05) is 30.3 Å². The highest BCUT2D eigenvalue weighted by Gasteiger charge is 2.10. The Bertz CT molecular complexity index is 547. The second-order valence-electron chi connectivity index (χ2n) is 3.81. The van der Waals surface area contributed by atoms with Crippen LogP contribution >= 0.6 is 11.3 Å². The van der Waals surface area contributed by atoms with E-state index >= 15 is 0 Å². The number of nitrogen functional groups attached to an aromatic ring is 1. The Hall–Kier alpha value is -2.17. The van der Waals surface area contributed by atoms with Gasteiger partial charge in [0.1, 0.15) is 5.01 Å². The lowest BCUT2D eigenvalue weighted by Crippen LogP contribution is -2.23. The van der Waals surface area contributed by atoms with Gasteiger partial charge < -0.3 is 4.90 Å². The molecule has 98 valence electrons. The number of aromatic nitrogens is 2. The minimum Gasteiger partial charge on any atom is -0.364 e. The van der Waals surface area contributed by atoms with Crippen LogP contribution in [0.5, 0.6) is 0 Å². The number of nitrogens with one attached hydrogen (secondary N) is 1. The molecule has 6 nitrogen and oxygen atoms in total. The van der Waals surface area contributed by atoms with Crippen molar-refractivity contribution in [1.29, 1.82) is 5.26 Å². The summed E-state index contributed by atoms with van der Waals surface area (Å²) in [4.78, 5) is 2.10. The molecule has 0 unspecified atom stereocenters. The molecule has 2 aromatic rings. The van der Waals surface area contributed by atoms with Crippen molar-refractivity contribution in [3.63, 3.8) is 0 Å². The van der Waals surface area contributed by atoms with Gasteiger partial charge in [0.25, 0.3) is 0 Å². The number of benzene rings is 1. The van der Waals surface area contributed by atoms with Crippen LogP contribution in [0.2, 0.25) is 0 Å². The standard InChI is InChI=1S/C12H14N6S/c13-7-4-8-18(10-5-2-1-3-6-10)9-11-16-17-12(15-14)19-11/h1-3,5-6H,4,8-9,14H2,(H,15,17). The van der Waals surface area contributed by atoms with Crippen LogP contribution in [0.25, 0.3) is 0 Å². The van der Waals surface area contributed by atoms with E-state index in [0.717, 1.165) is 10.7 Å². The molecule has 2 rings (SSSR count). The third kappa shape index (κ3) is 3.64. The highest BCUT2D eigenvalue weighted by molar-refractivity contribution is 7.15. The van der Waals surface area contributed by atoms with Gasteiger partial charge in [-0.15, -0.1) is 10.2 Å². The zero-order valence-corrected chi connectivity index (χ0v) is 11.1. The predicted octanol–water partition coefficient (Wildman–Crippen LogP) is 1.74. The predicted molar refractivity (Wildman–Crippen MR) is 75.4 cm³/mol. The fourth-order valence-corrected chi connectivity index (χ4v) is 2.33. The molecular weight excluding hydrogens is 260 g/mol. The fourth-order valence-electron chi connectivity index (χ4n) is 1.66. The number of hydrazine groups is 1. The van der Waals surface area contributed by atoms with Gasteiger partial charge in [0.05, 0.1) is 19.0 Å². The molecule has 0 saturated carbocycles. The van der Waals surface area contributed by atoms with E-state index in [9.17, 15) is 0 Å². The number of para-hydroxylation sites is 1. The zero-order valence-electron chi connectivity index (χ0n) is 10.3. The van der Waals surface area contributed by atoms with E-state index in [-0.39, 0.29) is 0 Å². The second kappa shape index (κ2) is 6.68. The average Bonchev–Trinajstić information content (AvgIpc) is 2.92. The van der Waals surface area contributed by atoms with Crippen molar-refractivity contribution >= 4 is 22.2 Å². The Morgan fingerprint density at radius 1 is 1.32 bits per heavy atom. The van der Waals surface area contributed by atoms with Crippen LogP contribution in [0, 0.1) is 11.3 Å². The third-order valence-electron chi connectivity index (χ3n) is 2.53. The molecule has 0 aliphatic carbocycles. The normalized spacial score (nSPS) is 9.89. The van der Waals surface area contributed by atoms with Gasteiger partial charge in [-0.2, -0.15) is 5.26 Å². The minimum absolute atomic E-state index is 0.468. The first-order chi connectivity index (χ1) is 9.33. The van der Waals surface area contributed by atoms with Crippen molar-refractivity contribution < 1.29 is 0 Å². The zero-order chi connectivity index (χ0) is 13.5. The molecule has 1 heterocycles. The van der Waals surface area contributed by atoms with Crippen LogP contribution in [0.4, 0.5) is 10.8 Å². The highest BCUT2D eigenvalue weighted by atomic mass is 32.1. The van der Waals surface area contributed by atoms with E-state index in [1.54, 1.807) is 0 Å². The van der Waals surface area contributed by atoms with Crippen LogP contribution in [-0.4, -0.2) is 16.7 Å². The second-order valence-corrected chi connectivity index (χ2v) is 4.87. The van der Waals surface area contributed by atoms with Crippen molar-refractivity contribution in [2.75, 3.05) is 16.9 Å². The molecule has 1 aromatic carbocycles.